The van der Waals surface area contributed by atoms with E-state index in [1.807, 2.05) is 14.0 Å². The SMILES string of the molecule is CSCCC(C)N(C)C(=O)C(C)Cl. The summed E-state index contributed by atoms with van der Waals surface area (Å²) >= 11 is 7.50. The molecule has 2 atom stereocenters. The van der Waals surface area contributed by atoms with Gasteiger partial charge in [-0.3, -0.25) is 4.79 Å². The number of carbonyl (C=O) groups is 1. The van der Waals surface area contributed by atoms with Crippen LogP contribution in [0.4, 0.5) is 0 Å². The minimum atomic E-state index is -0.415. The summed E-state index contributed by atoms with van der Waals surface area (Å²) in [7, 11) is 1.81. The topological polar surface area (TPSA) is 20.3 Å². The molecule has 0 aliphatic carbocycles. The van der Waals surface area contributed by atoms with Gasteiger partial charge in [0.1, 0.15) is 5.38 Å². The second-order valence-electron chi connectivity index (χ2n) is 3.20. The first-order chi connectivity index (χ1) is 6.00. The fourth-order valence-electron chi connectivity index (χ4n) is 0.980. The molecule has 0 aromatic heterocycles. The maximum atomic E-state index is 11.4. The highest BCUT2D eigenvalue weighted by Gasteiger charge is 2.18. The van der Waals surface area contributed by atoms with Crippen LogP contribution in [-0.2, 0) is 4.79 Å². The Morgan fingerprint density at radius 2 is 2.08 bits per heavy atom. The van der Waals surface area contributed by atoms with Crippen LogP contribution >= 0.6 is 23.4 Å². The average Bonchev–Trinajstić information content (AvgIpc) is 2.11. The van der Waals surface area contributed by atoms with Crippen molar-refractivity contribution in [1.29, 1.82) is 0 Å². The summed E-state index contributed by atoms with van der Waals surface area (Å²) in [5, 5.41) is -0.415. The molecule has 0 aromatic rings. The van der Waals surface area contributed by atoms with E-state index in [9.17, 15) is 4.79 Å². The van der Waals surface area contributed by atoms with E-state index in [0.717, 1.165) is 12.2 Å². The van der Waals surface area contributed by atoms with Crippen molar-refractivity contribution in [2.24, 2.45) is 0 Å². The van der Waals surface area contributed by atoms with Crippen LogP contribution in [0.1, 0.15) is 20.3 Å². The van der Waals surface area contributed by atoms with Crippen molar-refractivity contribution in [2.75, 3.05) is 19.1 Å². The lowest BCUT2D eigenvalue weighted by atomic mass is 10.2. The highest BCUT2D eigenvalue weighted by atomic mass is 35.5. The van der Waals surface area contributed by atoms with E-state index in [1.54, 1.807) is 23.6 Å². The normalized spacial score (nSPS) is 15.2. The zero-order chi connectivity index (χ0) is 10.4. The molecule has 0 fully saturated rings. The molecule has 78 valence electrons. The summed E-state index contributed by atoms with van der Waals surface area (Å²) in [6, 6.07) is 0.279. The van der Waals surface area contributed by atoms with Crippen LogP contribution < -0.4 is 0 Å². The Morgan fingerprint density at radius 1 is 1.54 bits per heavy atom. The number of thioether (sulfide) groups is 1. The molecular formula is C9H18ClNOS. The van der Waals surface area contributed by atoms with Crippen molar-refractivity contribution in [2.45, 2.75) is 31.7 Å². The Bertz CT molecular complexity index is 164. The molecule has 4 heteroatoms. The molecule has 0 saturated carbocycles. The van der Waals surface area contributed by atoms with Crippen LogP contribution in [0, 0.1) is 0 Å². The quantitative estimate of drug-likeness (QED) is 0.667. The Labute approximate surface area is 90.0 Å². The maximum Gasteiger partial charge on any atom is 0.240 e. The number of hydrogen-bond donors (Lipinski definition) is 0. The molecule has 0 aromatic carbocycles. The van der Waals surface area contributed by atoms with Crippen LogP contribution in [0.25, 0.3) is 0 Å². The molecule has 0 saturated heterocycles. The van der Waals surface area contributed by atoms with Gasteiger partial charge in [-0.05, 0) is 32.3 Å². The second kappa shape index (κ2) is 6.55. The summed E-state index contributed by atoms with van der Waals surface area (Å²) in [6.45, 7) is 3.76. The van der Waals surface area contributed by atoms with Gasteiger partial charge in [0.15, 0.2) is 0 Å². The van der Waals surface area contributed by atoms with Gasteiger partial charge < -0.3 is 4.90 Å². The second-order valence-corrected chi connectivity index (χ2v) is 4.84. The third kappa shape index (κ3) is 4.77. The summed E-state index contributed by atoms with van der Waals surface area (Å²) < 4.78 is 0. The summed E-state index contributed by atoms with van der Waals surface area (Å²) in [4.78, 5) is 13.2. The van der Waals surface area contributed by atoms with Crippen LogP contribution in [-0.4, -0.2) is 41.3 Å². The lowest BCUT2D eigenvalue weighted by molar-refractivity contribution is -0.130. The number of hydrogen-bond acceptors (Lipinski definition) is 2. The van der Waals surface area contributed by atoms with Crippen LogP contribution in [0.5, 0.6) is 0 Å². The van der Waals surface area contributed by atoms with Crippen molar-refractivity contribution in [1.82, 2.24) is 4.90 Å². The number of amides is 1. The van der Waals surface area contributed by atoms with Crippen molar-refractivity contribution in [3.8, 4) is 0 Å². The molecule has 0 radical (unpaired) electrons. The molecule has 0 rings (SSSR count). The van der Waals surface area contributed by atoms with E-state index >= 15 is 0 Å². The molecule has 1 amide bonds. The molecule has 13 heavy (non-hydrogen) atoms. The number of alkyl halides is 1. The predicted molar refractivity (Wildman–Crippen MR) is 60.5 cm³/mol. The molecule has 0 N–H and O–H groups in total. The van der Waals surface area contributed by atoms with E-state index in [2.05, 4.69) is 6.26 Å². The number of rotatable bonds is 5. The Balaban J connectivity index is 3.94. The van der Waals surface area contributed by atoms with Gasteiger partial charge in [0.25, 0.3) is 0 Å². The van der Waals surface area contributed by atoms with Gasteiger partial charge in [-0.2, -0.15) is 11.8 Å². The smallest absolute Gasteiger partial charge is 0.240 e. The summed E-state index contributed by atoms with van der Waals surface area (Å²) in [6.07, 6.45) is 3.09. The number of nitrogens with zero attached hydrogens (tertiary/aromatic N) is 1. The van der Waals surface area contributed by atoms with E-state index < -0.39 is 5.38 Å². The minimum absolute atomic E-state index is 0.00951. The average molecular weight is 224 g/mol. The molecule has 0 aliphatic heterocycles. The first-order valence-electron chi connectivity index (χ1n) is 4.40. The van der Waals surface area contributed by atoms with Crippen LogP contribution in [0.15, 0.2) is 0 Å². The van der Waals surface area contributed by atoms with Crippen LogP contribution in [0.2, 0.25) is 0 Å². The molecule has 0 aliphatic rings. The van der Waals surface area contributed by atoms with Gasteiger partial charge in [-0.25, -0.2) is 0 Å². The van der Waals surface area contributed by atoms with E-state index in [4.69, 9.17) is 11.6 Å². The molecule has 0 bridgehead atoms. The number of carbonyl (C=O) groups excluding carboxylic acids is 1. The van der Waals surface area contributed by atoms with Crippen molar-refractivity contribution < 1.29 is 4.79 Å². The fourth-order valence-corrected chi connectivity index (χ4v) is 1.71. The van der Waals surface area contributed by atoms with E-state index in [0.29, 0.717) is 0 Å². The minimum Gasteiger partial charge on any atom is -0.342 e. The Kier molecular flexibility index (Phi) is 6.60. The summed E-state index contributed by atoms with van der Waals surface area (Å²) in [5.74, 6) is 1.09. The lowest BCUT2D eigenvalue weighted by Gasteiger charge is -2.25. The standard InChI is InChI=1S/C9H18ClNOS/c1-7(5-6-13-4)11(3)9(12)8(2)10/h7-8H,5-6H2,1-4H3. The molecule has 0 spiro atoms. The number of halogens is 1. The van der Waals surface area contributed by atoms with Crippen molar-refractivity contribution in [3.63, 3.8) is 0 Å². The van der Waals surface area contributed by atoms with Gasteiger partial charge in [-0.15, -0.1) is 11.6 Å². The third-order valence-electron chi connectivity index (χ3n) is 2.09. The van der Waals surface area contributed by atoms with Crippen LogP contribution in [0.3, 0.4) is 0 Å². The summed E-state index contributed by atoms with van der Waals surface area (Å²) in [5.41, 5.74) is 0. The van der Waals surface area contributed by atoms with Gasteiger partial charge >= 0.3 is 0 Å². The first-order valence-corrected chi connectivity index (χ1v) is 6.23. The zero-order valence-corrected chi connectivity index (χ0v) is 10.3. The Hall–Kier alpha value is 0.110. The first kappa shape index (κ1) is 13.1. The monoisotopic (exact) mass is 223 g/mol. The largest absolute Gasteiger partial charge is 0.342 e. The predicted octanol–water partition coefficient (Wildman–Crippen LogP) is 2.21. The third-order valence-corrected chi connectivity index (χ3v) is 2.92. The highest BCUT2D eigenvalue weighted by Crippen LogP contribution is 2.09. The molecule has 2 nitrogen and oxygen atoms in total. The van der Waals surface area contributed by atoms with Crippen molar-refractivity contribution >= 4 is 29.3 Å². The van der Waals surface area contributed by atoms with Gasteiger partial charge in [0.2, 0.25) is 5.91 Å². The Morgan fingerprint density at radius 3 is 2.46 bits per heavy atom. The van der Waals surface area contributed by atoms with Crippen molar-refractivity contribution in [3.05, 3.63) is 0 Å². The highest BCUT2D eigenvalue weighted by molar-refractivity contribution is 7.98. The molecular weight excluding hydrogens is 206 g/mol. The maximum absolute atomic E-state index is 11.4. The zero-order valence-electron chi connectivity index (χ0n) is 8.71. The van der Waals surface area contributed by atoms with E-state index in [-0.39, 0.29) is 11.9 Å². The van der Waals surface area contributed by atoms with Gasteiger partial charge in [0.05, 0.1) is 0 Å². The van der Waals surface area contributed by atoms with E-state index in [1.165, 1.54) is 0 Å². The fraction of sp³-hybridized carbons (Fsp3) is 0.889. The lowest BCUT2D eigenvalue weighted by Crippen LogP contribution is -2.39. The molecule has 2 unspecified atom stereocenters. The van der Waals surface area contributed by atoms with Gasteiger partial charge in [-0.1, -0.05) is 0 Å². The molecule has 0 heterocycles. The van der Waals surface area contributed by atoms with Gasteiger partial charge in [0, 0.05) is 13.1 Å².